The molecular weight excluding hydrogens is 809 g/mol. The van der Waals surface area contributed by atoms with Crippen LogP contribution in [0.4, 0.5) is 11.4 Å². The lowest BCUT2D eigenvalue weighted by Gasteiger charge is -2.34. The second-order valence-electron chi connectivity index (χ2n) is 17.7. The Labute approximate surface area is 391 Å². The average molecular weight is 853 g/mol. The first kappa shape index (κ1) is 38.7. The summed E-state index contributed by atoms with van der Waals surface area (Å²) in [6, 6.07) is 86.7. The normalized spacial score (nSPS) is 15.1. The Morgan fingerprint density at radius 1 is 0.388 bits per heavy atom. The molecule has 2 heteroatoms. The Balaban J connectivity index is 1.05. The Bertz CT molecular complexity index is 3750. The maximum Gasteiger partial charge on any atom is 0.0713 e. The molecule has 1 aliphatic carbocycles. The summed E-state index contributed by atoms with van der Waals surface area (Å²) in [6.45, 7) is 4.69. The molecular formula is C65H44N2. The Morgan fingerprint density at radius 2 is 0.985 bits per heavy atom. The molecule has 11 aromatic rings. The second kappa shape index (κ2) is 15.5. The predicted molar refractivity (Wildman–Crippen MR) is 282 cm³/mol. The van der Waals surface area contributed by atoms with Gasteiger partial charge in [-0.3, -0.25) is 0 Å². The Hall–Kier alpha value is -8.72. The summed E-state index contributed by atoms with van der Waals surface area (Å²) in [7, 11) is 0. The third kappa shape index (κ3) is 6.04. The zero-order valence-electron chi connectivity index (χ0n) is 36.9. The van der Waals surface area contributed by atoms with E-state index in [1.807, 2.05) is 0 Å². The molecule has 1 aliphatic heterocycles. The molecule has 0 fully saturated rings. The standard InChI is InChI=1S/C65H44N2/c1-44-40-49(38-39-66(61-30-16-14-26-53(44)61)52-35-32-46(33-36-52)45-18-5-2-6-19-45)48-34-37-63-57(41-48)58-42-60-56(43-64(58)67(63)62-31-17-21-47-20-11-12-27-54(47)62)55-28-13-15-29-59(55)65(60,50-22-7-3-8-23-50)51-24-9-4-10-25-51/h2-43H,1H2/b39-38-,49-40+. The number of allylic oxidation sites excluding steroid dienone is 4. The number of rotatable bonds is 6. The molecule has 1 aromatic heterocycles. The van der Waals surface area contributed by atoms with E-state index in [-0.39, 0.29) is 0 Å². The van der Waals surface area contributed by atoms with Crippen molar-refractivity contribution in [3.05, 3.63) is 295 Å². The van der Waals surface area contributed by atoms with E-state index in [9.17, 15) is 0 Å². The van der Waals surface area contributed by atoms with Gasteiger partial charge in [0.1, 0.15) is 0 Å². The number of aromatic nitrogens is 1. The minimum Gasteiger partial charge on any atom is -0.317 e. The van der Waals surface area contributed by atoms with Crippen LogP contribution >= 0.6 is 0 Å². The molecule has 10 aromatic carbocycles. The molecule has 0 bridgehead atoms. The molecule has 2 heterocycles. The maximum atomic E-state index is 4.69. The minimum absolute atomic E-state index is 0.521. The van der Waals surface area contributed by atoms with Crippen molar-refractivity contribution in [2.45, 2.75) is 5.41 Å². The molecule has 2 nitrogen and oxygen atoms in total. The van der Waals surface area contributed by atoms with Gasteiger partial charge in [0.2, 0.25) is 0 Å². The van der Waals surface area contributed by atoms with Crippen molar-refractivity contribution in [3.8, 4) is 27.9 Å². The van der Waals surface area contributed by atoms with E-state index in [1.165, 1.54) is 77.3 Å². The van der Waals surface area contributed by atoms with E-state index < -0.39 is 5.41 Å². The van der Waals surface area contributed by atoms with Gasteiger partial charge >= 0.3 is 0 Å². The molecule has 0 saturated carbocycles. The maximum absolute atomic E-state index is 4.69. The van der Waals surface area contributed by atoms with Crippen LogP contribution in [0.3, 0.4) is 0 Å². The number of benzene rings is 10. The minimum atomic E-state index is -0.521. The van der Waals surface area contributed by atoms with E-state index in [0.717, 1.165) is 39.2 Å². The summed E-state index contributed by atoms with van der Waals surface area (Å²) in [4.78, 5) is 2.29. The highest BCUT2D eigenvalue weighted by atomic mass is 15.1. The van der Waals surface area contributed by atoms with E-state index in [2.05, 4.69) is 264 Å². The van der Waals surface area contributed by atoms with Gasteiger partial charge in [-0.2, -0.15) is 0 Å². The first-order chi connectivity index (χ1) is 33.1. The molecule has 0 amide bonds. The number of anilines is 2. The van der Waals surface area contributed by atoms with Crippen LogP contribution in [0.15, 0.2) is 262 Å². The lowest BCUT2D eigenvalue weighted by molar-refractivity contribution is 0.769. The SMILES string of the molecule is C=C1/C=C(c2ccc3c(c2)c2cc4c(cc2n3-c2cccc3ccccc23)-c2ccccc2C4(c2ccccc2)c2ccccc2)\C=C/N(c2ccc(-c3ccccc3)cc2)c2ccccc21. The number of para-hydroxylation sites is 1. The van der Waals surface area contributed by atoms with Crippen LogP contribution < -0.4 is 4.90 Å². The van der Waals surface area contributed by atoms with Crippen LogP contribution in [-0.2, 0) is 5.41 Å². The van der Waals surface area contributed by atoms with Crippen molar-refractivity contribution in [1.82, 2.24) is 4.57 Å². The largest absolute Gasteiger partial charge is 0.317 e. The summed E-state index contributed by atoms with van der Waals surface area (Å²) in [5.74, 6) is 0. The van der Waals surface area contributed by atoms with Crippen LogP contribution in [-0.4, -0.2) is 4.57 Å². The first-order valence-corrected chi connectivity index (χ1v) is 23.1. The lowest BCUT2D eigenvalue weighted by atomic mass is 9.67. The average Bonchev–Trinajstić information content (AvgIpc) is 3.87. The van der Waals surface area contributed by atoms with Gasteiger partial charge in [0.25, 0.3) is 0 Å². The van der Waals surface area contributed by atoms with E-state index in [0.29, 0.717) is 0 Å². The van der Waals surface area contributed by atoms with Gasteiger partial charge in [0, 0.05) is 33.6 Å². The number of nitrogens with zero attached hydrogens (tertiary/aromatic N) is 2. The molecule has 0 atom stereocenters. The van der Waals surface area contributed by atoms with Crippen LogP contribution in [0.2, 0.25) is 0 Å². The van der Waals surface area contributed by atoms with Gasteiger partial charge in [0.15, 0.2) is 0 Å². The summed E-state index contributed by atoms with van der Waals surface area (Å²) in [6.07, 6.45) is 6.72. The molecule has 314 valence electrons. The van der Waals surface area contributed by atoms with Crippen LogP contribution in [0, 0.1) is 0 Å². The quantitative estimate of drug-likeness (QED) is 0.162. The third-order valence-corrected chi connectivity index (χ3v) is 14.2. The lowest BCUT2D eigenvalue weighted by Crippen LogP contribution is -2.28. The zero-order valence-corrected chi connectivity index (χ0v) is 36.9. The fraction of sp³-hybridized carbons (Fsp3) is 0.0154. The van der Waals surface area contributed by atoms with Crippen molar-refractivity contribution >= 4 is 55.1 Å². The van der Waals surface area contributed by atoms with E-state index in [4.69, 9.17) is 6.58 Å². The molecule has 0 N–H and O–H groups in total. The predicted octanol–water partition coefficient (Wildman–Crippen LogP) is 16.7. The first-order valence-electron chi connectivity index (χ1n) is 23.1. The molecule has 67 heavy (non-hydrogen) atoms. The van der Waals surface area contributed by atoms with Crippen LogP contribution in [0.25, 0.3) is 71.7 Å². The zero-order chi connectivity index (χ0) is 44.5. The van der Waals surface area contributed by atoms with E-state index >= 15 is 0 Å². The van der Waals surface area contributed by atoms with Gasteiger partial charge < -0.3 is 9.47 Å². The van der Waals surface area contributed by atoms with Crippen LogP contribution in [0.5, 0.6) is 0 Å². The molecule has 0 saturated heterocycles. The van der Waals surface area contributed by atoms with Gasteiger partial charge in [0.05, 0.1) is 27.8 Å². The van der Waals surface area contributed by atoms with Crippen LogP contribution in [0.1, 0.15) is 33.4 Å². The molecule has 0 radical (unpaired) electrons. The molecule has 2 aliphatic rings. The highest BCUT2D eigenvalue weighted by Gasteiger charge is 2.46. The highest BCUT2D eigenvalue weighted by molar-refractivity contribution is 6.14. The summed E-state index contributed by atoms with van der Waals surface area (Å²) >= 11 is 0. The Kier molecular flexibility index (Phi) is 8.94. The third-order valence-electron chi connectivity index (χ3n) is 14.2. The van der Waals surface area contributed by atoms with Gasteiger partial charge in [-0.15, -0.1) is 0 Å². The van der Waals surface area contributed by atoms with E-state index in [1.54, 1.807) is 0 Å². The highest BCUT2D eigenvalue weighted by Crippen LogP contribution is 2.57. The number of hydrogen-bond acceptors (Lipinski definition) is 1. The van der Waals surface area contributed by atoms with Gasteiger partial charge in [-0.25, -0.2) is 0 Å². The molecule has 13 rings (SSSR count). The van der Waals surface area contributed by atoms with Crippen molar-refractivity contribution in [1.29, 1.82) is 0 Å². The Morgan fingerprint density at radius 3 is 1.76 bits per heavy atom. The molecule has 0 spiro atoms. The second-order valence-corrected chi connectivity index (χ2v) is 17.7. The number of fused-ring (bicyclic) bond motifs is 8. The topological polar surface area (TPSA) is 8.17 Å². The number of hydrogen-bond donors (Lipinski definition) is 0. The van der Waals surface area contributed by atoms with Gasteiger partial charge in [-0.1, -0.05) is 195 Å². The smallest absolute Gasteiger partial charge is 0.0713 e. The fourth-order valence-electron chi connectivity index (χ4n) is 11.1. The van der Waals surface area contributed by atoms with Gasteiger partial charge in [-0.05, 0) is 127 Å². The van der Waals surface area contributed by atoms with Crippen molar-refractivity contribution in [3.63, 3.8) is 0 Å². The van der Waals surface area contributed by atoms with Crippen molar-refractivity contribution < 1.29 is 0 Å². The van der Waals surface area contributed by atoms with Crippen molar-refractivity contribution in [2.24, 2.45) is 0 Å². The summed E-state index contributed by atoms with van der Waals surface area (Å²) in [5.41, 5.74) is 19.5. The molecule has 0 unspecified atom stereocenters. The monoisotopic (exact) mass is 852 g/mol. The summed E-state index contributed by atoms with van der Waals surface area (Å²) in [5, 5.41) is 4.85. The van der Waals surface area contributed by atoms with Crippen molar-refractivity contribution in [2.75, 3.05) is 4.90 Å². The fourth-order valence-corrected chi connectivity index (χ4v) is 11.1. The summed E-state index contributed by atoms with van der Waals surface area (Å²) < 4.78 is 2.50.